The molecule has 0 bridgehead atoms. The third-order valence-corrected chi connectivity index (χ3v) is 2.20. The van der Waals surface area contributed by atoms with Gasteiger partial charge in [-0.2, -0.15) is 0 Å². The molecule has 0 heteroatoms. The first-order chi connectivity index (χ1) is 6.10. The molecule has 14 heavy (non-hydrogen) atoms. The van der Waals surface area contributed by atoms with Gasteiger partial charge >= 0.3 is 0 Å². The minimum atomic E-state index is 0.433. The van der Waals surface area contributed by atoms with Gasteiger partial charge < -0.3 is 0 Å². The summed E-state index contributed by atoms with van der Waals surface area (Å²) in [6, 6.07) is 0. The topological polar surface area (TPSA) is 0 Å². The molecule has 0 N–H and O–H groups in total. The maximum absolute atomic E-state index is 2.41. The van der Waals surface area contributed by atoms with Crippen molar-refractivity contribution in [2.24, 2.45) is 10.8 Å². The van der Waals surface area contributed by atoms with Crippen LogP contribution in [-0.2, 0) is 0 Å². The highest BCUT2D eigenvalue weighted by Gasteiger charge is 2.11. The SMILES string of the molecule is CC(=CCCC(C)(C)C)CC(C)(C)C. The molecule has 0 aliphatic heterocycles. The molecule has 0 saturated carbocycles. The number of hydrogen-bond donors (Lipinski definition) is 0. The Morgan fingerprint density at radius 1 is 0.929 bits per heavy atom. The van der Waals surface area contributed by atoms with Crippen molar-refractivity contribution >= 4 is 0 Å². The Bertz CT molecular complexity index is 183. The molecule has 0 heterocycles. The molecule has 0 aromatic rings. The first kappa shape index (κ1) is 13.7. The van der Waals surface area contributed by atoms with Gasteiger partial charge in [0.25, 0.3) is 0 Å². The van der Waals surface area contributed by atoms with Crippen LogP contribution < -0.4 is 0 Å². The van der Waals surface area contributed by atoms with Gasteiger partial charge in [0.15, 0.2) is 0 Å². The minimum absolute atomic E-state index is 0.433. The van der Waals surface area contributed by atoms with Crippen LogP contribution in [0.5, 0.6) is 0 Å². The van der Waals surface area contributed by atoms with E-state index in [1.54, 1.807) is 5.57 Å². The summed E-state index contributed by atoms with van der Waals surface area (Å²) >= 11 is 0. The van der Waals surface area contributed by atoms with E-state index in [1.165, 1.54) is 19.3 Å². The van der Waals surface area contributed by atoms with Gasteiger partial charge in [-0.05, 0) is 37.0 Å². The first-order valence-corrected chi connectivity index (χ1v) is 5.76. The lowest BCUT2D eigenvalue weighted by Gasteiger charge is -2.19. The molecule has 0 nitrogen and oxygen atoms in total. The molecule has 0 spiro atoms. The van der Waals surface area contributed by atoms with Crippen LogP contribution in [-0.4, -0.2) is 0 Å². The fourth-order valence-electron chi connectivity index (χ4n) is 1.66. The molecular formula is C14H28. The molecule has 0 amide bonds. The van der Waals surface area contributed by atoms with E-state index in [1.807, 2.05) is 0 Å². The summed E-state index contributed by atoms with van der Waals surface area (Å²) in [5.41, 5.74) is 2.45. The van der Waals surface area contributed by atoms with E-state index in [2.05, 4.69) is 54.5 Å². The van der Waals surface area contributed by atoms with Gasteiger partial charge in [-0.3, -0.25) is 0 Å². The highest BCUT2D eigenvalue weighted by molar-refractivity contribution is 5.00. The largest absolute Gasteiger partial charge is 0.0856 e. The molecule has 0 radical (unpaired) electrons. The predicted octanol–water partition coefficient (Wildman–Crippen LogP) is 5.20. The zero-order valence-electron chi connectivity index (χ0n) is 11.2. The fourth-order valence-corrected chi connectivity index (χ4v) is 1.66. The van der Waals surface area contributed by atoms with Crippen LogP contribution in [0, 0.1) is 10.8 Å². The molecule has 0 unspecified atom stereocenters. The third-order valence-electron chi connectivity index (χ3n) is 2.20. The standard InChI is InChI=1S/C14H28/c1-12(11-14(5,6)7)9-8-10-13(2,3)4/h9H,8,10-11H2,1-7H3. The Labute approximate surface area is 90.8 Å². The molecule has 0 aromatic carbocycles. The normalized spacial score (nSPS) is 14.6. The minimum Gasteiger partial charge on any atom is -0.0856 e. The lowest BCUT2D eigenvalue weighted by molar-refractivity contribution is 0.379. The van der Waals surface area contributed by atoms with E-state index in [4.69, 9.17) is 0 Å². The zero-order chi connectivity index (χ0) is 11.4. The molecule has 0 atom stereocenters. The van der Waals surface area contributed by atoms with Crippen molar-refractivity contribution in [2.45, 2.75) is 67.7 Å². The van der Waals surface area contributed by atoms with Crippen molar-refractivity contribution in [2.75, 3.05) is 0 Å². The summed E-state index contributed by atoms with van der Waals surface area (Å²) in [6.07, 6.45) is 6.15. The summed E-state index contributed by atoms with van der Waals surface area (Å²) in [6.45, 7) is 16.1. The Morgan fingerprint density at radius 2 is 1.43 bits per heavy atom. The Hall–Kier alpha value is -0.260. The van der Waals surface area contributed by atoms with Crippen LogP contribution >= 0.6 is 0 Å². The summed E-state index contributed by atoms with van der Waals surface area (Å²) in [7, 11) is 0. The maximum Gasteiger partial charge on any atom is -0.0274 e. The van der Waals surface area contributed by atoms with Crippen LogP contribution in [0.4, 0.5) is 0 Å². The number of hydrogen-bond acceptors (Lipinski definition) is 0. The predicted molar refractivity (Wildman–Crippen MR) is 66.5 cm³/mol. The maximum atomic E-state index is 2.41. The molecule has 0 fully saturated rings. The highest BCUT2D eigenvalue weighted by atomic mass is 14.2. The van der Waals surface area contributed by atoms with E-state index in [0.717, 1.165) is 0 Å². The molecule has 0 saturated heterocycles. The van der Waals surface area contributed by atoms with Gasteiger partial charge in [-0.1, -0.05) is 53.2 Å². The molecule has 0 aromatic heterocycles. The smallest absolute Gasteiger partial charge is 0.0274 e. The lowest BCUT2D eigenvalue weighted by Crippen LogP contribution is -2.06. The Kier molecular flexibility index (Phi) is 4.91. The molecular weight excluding hydrogens is 168 g/mol. The monoisotopic (exact) mass is 196 g/mol. The summed E-state index contributed by atoms with van der Waals surface area (Å²) < 4.78 is 0. The quantitative estimate of drug-likeness (QED) is 0.545. The molecule has 0 aliphatic rings. The van der Waals surface area contributed by atoms with Crippen molar-refractivity contribution in [3.63, 3.8) is 0 Å². The van der Waals surface area contributed by atoms with Gasteiger partial charge in [-0.15, -0.1) is 0 Å². The third kappa shape index (κ3) is 9.83. The second-order valence-electron chi connectivity index (χ2n) is 6.89. The zero-order valence-corrected chi connectivity index (χ0v) is 11.2. The van der Waals surface area contributed by atoms with Crippen molar-refractivity contribution in [1.82, 2.24) is 0 Å². The van der Waals surface area contributed by atoms with E-state index in [0.29, 0.717) is 10.8 Å². The summed E-state index contributed by atoms with van der Waals surface area (Å²) in [5.74, 6) is 0. The average Bonchev–Trinajstić information content (AvgIpc) is 1.78. The Morgan fingerprint density at radius 3 is 1.79 bits per heavy atom. The van der Waals surface area contributed by atoms with Gasteiger partial charge in [0.2, 0.25) is 0 Å². The summed E-state index contributed by atoms with van der Waals surface area (Å²) in [4.78, 5) is 0. The van der Waals surface area contributed by atoms with Crippen molar-refractivity contribution in [3.8, 4) is 0 Å². The number of rotatable bonds is 3. The van der Waals surface area contributed by atoms with Crippen LogP contribution in [0.2, 0.25) is 0 Å². The van der Waals surface area contributed by atoms with E-state index in [9.17, 15) is 0 Å². The van der Waals surface area contributed by atoms with Crippen LogP contribution in [0.25, 0.3) is 0 Å². The average molecular weight is 196 g/mol. The van der Waals surface area contributed by atoms with Gasteiger partial charge in [0.1, 0.15) is 0 Å². The van der Waals surface area contributed by atoms with Crippen LogP contribution in [0.15, 0.2) is 11.6 Å². The van der Waals surface area contributed by atoms with Gasteiger partial charge in [0.05, 0.1) is 0 Å². The van der Waals surface area contributed by atoms with E-state index in [-0.39, 0.29) is 0 Å². The van der Waals surface area contributed by atoms with Crippen molar-refractivity contribution < 1.29 is 0 Å². The second-order valence-corrected chi connectivity index (χ2v) is 6.89. The molecule has 0 rings (SSSR count). The lowest BCUT2D eigenvalue weighted by atomic mass is 9.86. The van der Waals surface area contributed by atoms with E-state index >= 15 is 0 Å². The molecule has 0 aliphatic carbocycles. The molecule has 84 valence electrons. The van der Waals surface area contributed by atoms with Crippen molar-refractivity contribution in [3.05, 3.63) is 11.6 Å². The van der Waals surface area contributed by atoms with E-state index < -0.39 is 0 Å². The first-order valence-electron chi connectivity index (χ1n) is 5.76. The van der Waals surface area contributed by atoms with Gasteiger partial charge in [0, 0.05) is 0 Å². The highest BCUT2D eigenvalue weighted by Crippen LogP contribution is 2.25. The van der Waals surface area contributed by atoms with Crippen LogP contribution in [0.1, 0.15) is 67.7 Å². The Balaban J connectivity index is 3.90. The summed E-state index contributed by atoms with van der Waals surface area (Å²) in [5, 5.41) is 0. The number of allylic oxidation sites excluding steroid dienone is 2. The second kappa shape index (κ2) is 5.00. The van der Waals surface area contributed by atoms with Crippen molar-refractivity contribution in [1.29, 1.82) is 0 Å². The van der Waals surface area contributed by atoms with Gasteiger partial charge in [-0.25, -0.2) is 0 Å². The fraction of sp³-hybridized carbons (Fsp3) is 0.857. The van der Waals surface area contributed by atoms with Crippen LogP contribution in [0.3, 0.4) is 0 Å².